The van der Waals surface area contributed by atoms with Crippen LogP contribution < -0.4 is 10.5 Å². The summed E-state index contributed by atoms with van der Waals surface area (Å²) >= 11 is 0. The van der Waals surface area contributed by atoms with Gasteiger partial charge in [0.25, 0.3) is 0 Å². The number of nitrogens with zero attached hydrogens (tertiary/aromatic N) is 6. The minimum atomic E-state index is -0.324. The molecule has 0 atom stereocenters. The Bertz CT molecular complexity index is 1510. The quantitative estimate of drug-likeness (QED) is 0.452. The SMILES string of the molecule is CC#CC(=O)N1CC=CN=C1Cn1nc(-c2ccc(Oc3ccccc3)cc2)c2c(N)ncnc21. The first-order valence-electron chi connectivity index (χ1n) is 10.9. The number of carbonyl (C=O) groups is 1. The minimum absolute atomic E-state index is 0.212. The van der Waals surface area contributed by atoms with Crippen molar-refractivity contribution in [3.05, 3.63) is 73.2 Å². The number of hydrogen-bond donors (Lipinski definition) is 1. The highest BCUT2D eigenvalue weighted by Gasteiger charge is 2.23. The maximum atomic E-state index is 12.5. The van der Waals surface area contributed by atoms with E-state index in [1.807, 2.05) is 54.6 Å². The van der Waals surface area contributed by atoms with E-state index in [2.05, 4.69) is 26.8 Å². The molecule has 0 spiro atoms. The van der Waals surface area contributed by atoms with Crippen LogP contribution >= 0.6 is 0 Å². The van der Waals surface area contributed by atoms with Crippen LogP contribution in [-0.4, -0.2) is 42.9 Å². The summed E-state index contributed by atoms with van der Waals surface area (Å²) in [6, 6.07) is 17.1. The highest BCUT2D eigenvalue weighted by molar-refractivity contribution is 6.07. The van der Waals surface area contributed by atoms with Crippen molar-refractivity contribution in [3.8, 4) is 34.6 Å². The summed E-state index contributed by atoms with van der Waals surface area (Å²) in [6.07, 6.45) is 4.86. The maximum Gasteiger partial charge on any atom is 0.304 e. The molecule has 0 bridgehead atoms. The van der Waals surface area contributed by atoms with Gasteiger partial charge in [0.05, 0.1) is 5.39 Å². The molecule has 35 heavy (non-hydrogen) atoms. The van der Waals surface area contributed by atoms with Crippen LogP contribution in [0.3, 0.4) is 0 Å². The van der Waals surface area contributed by atoms with Crippen molar-refractivity contribution in [3.63, 3.8) is 0 Å². The number of amidine groups is 1. The molecule has 2 N–H and O–H groups in total. The number of nitrogens with two attached hydrogens (primary N) is 1. The lowest BCUT2D eigenvalue weighted by Crippen LogP contribution is -2.40. The number of hydrogen-bond acceptors (Lipinski definition) is 7. The normalized spacial score (nSPS) is 12.7. The van der Waals surface area contributed by atoms with Crippen molar-refractivity contribution < 1.29 is 9.53 Å². The Morgan fingerprint density at radius 2 is 1.86 bits per heavy atom. The third kappa shape index (κ3) is 4.45. The number of carbonyl (C=O) groups excluding carboxylic acids is 1. The molecular weight excluding hydrogens is 442 g/mol. The molecule has 9 heteroatoms. The molecule has 0 unspecified atom stereocenters. The van der Waals surface area contributed by atoms with Gasteiger partial charge in [-0.2, -0.15) is 5.10 Å². The lowest BCUT2D eigenvalue weighted by Gasteiger charge is -2.22. The van der Waals surface area contributed by atoms with E-state index in [9.17, 15) is 4.79 Å². The van der Waals surface area contributed by atoms with Crippen LogP contribution in [0, 0.1) is 11.8 Å². The smallest absolute Gasteiger partial charge is 0.304 e. The number of rotatable bonds is 5. The van der Waals surface area contributed by atoms with Crippen molar-refractivity contribution >= 4 is 28.6 Å². The van der Waals surface area contributed by atoms with Crippen molar-refractivity contribution in [2.45, 2.75) is 13.5 Å². The maximum absolute atomic E-state index is 12.5. The molecule has 0 fully saturated rings. The third-order valence-corrected chi connectivity index (χ3v) is 5.36. The van der Waals surface area contributed by atoms with Crippen LogP contribution in [-0.2, 0) is 11.3 Å². The summed E-state index contributed by atoms with van der Waals surface area (Å²) in [7, 11) is 0. The summed E-state index contributed by atoms with van der Waals surface area (Å²) < 4.78 is 7.57. The number of amides is 1. The number of para-hydroxylation sites is 1. The number of aliphatic imine (C=N–C) groups is 1. The van der Waals surface area contributed by atoms with Crippen LogP contribution in [0.4, 0.5) is 5.82 Å². The molecule has 172 valence electrons. The summed E-state index contributed by atoms with van der Waals surface area (Å²) in [5, 5.41) is 5.41. The summed E-state index contributed by atoms with van der Waals surface area (Å²) in [6.45, 7) is 2.22. The number of aromatic nitrogens is 4. The van der Waals surface area contributed by atoms with Gasteiger partial charge in [-0.3, -0.25) is 9.69 Å². The Hall–Kier alpha value is -4.97. The van der Waals surface area contributed by atoms with Gasteiger partial charge in [0.1, 0.15) is 41.7 Å². The van der Waals surface area contributed by atoms with Crippen LogP contribution in [0.25, 0.3) is 22.3 Å². The van der Waals surface area contributed by atoms with E-state index in [1.54, 1.807) is 23.9 Å². The molecule has 2 aromatic carbocycles. The standard InChI is InChI=1S/C26H21N7O2/c1-2-7-22(34)32-15-6-14-28-21(32)16-33-26-23(25(27)29-17-30-26)24(31-33)18-10-12-20(13-11-18)35-19-8-4-3-5-9-19/h3-6,8-14,17H,15-16H2,1H3,(H2,27,29,30). The summed E-state index contributed by atoms with van der Waals surface area (Å²) in [5.41, 5.74) is 8.23. The topological polar surface area (TPSA) is 112 Å². The second kappa shape index (κ2) is 9.49. The molecule has 9 nitrogen and oxygen atoms in total. The number of nitrogen functional groups attached to an aromatic ring is 1. The van der Waals surface area contributed by atoms with E-state index in [-0.39, 0.29) is 12.5 Å². The fourth-order valence-electron chi connectivity index (χ4n) is 3.75. The lowest BCUT2D eigenvalue weighted by molar-refractivity contribution is -0.121. The first kappa shape index (κ1) is 21.9. The van der Waals surface area contributed by atoms with Gasteiger partial charge in [-0.05, 0) is 55.3 Å². The lowest BCUT2D eigenvalue weighted by atomic mass is 10.1. The van der Waals surface area contributed by atoms with Crippen LogP contribution in [0.2, 0.25) is 0 Å². The predicted molar refractivity (Wildman–Crippen MR) is 133 cm³/mol. The Kier molecular flexibility index (Phi) is 5.92. The van der Waals surface area contributed by atoms with Gasteiger partial charge in [-0.15, -0.1) is 0 Å². The molecule has 2 aromatic heterocycles. The number of ether oxygens (including phenoxy) is 1. The van der Waals surface area contributed by atoms with Crippen molar-refractivity contribution in [2.75, 3.05) is 12.3 Å². The summed E-state index contributed by atoms with van der Waals surface area (Å²) in [4.78, 5) is 26.9. The van der Waals surface area contributed by atoms with Gasteiger partial charge in [-0.25, -0.2) is 19.6 Å². The largest absolute Gasteiger partial charge is 0.457 e. The average Bonchev–Trinajstić information content (AvgIpc) is 3.25. The minimum Gasteiger partial charge on any atom is -0.457 e. The van der Waals surface area contributed by atoms with Gasteiger partial charge in [0.2, 0.25) is 0 Å². The Labute approximate surface area is 201 Å². The molecule has 1 aliphatic heterocycles. The zero-order chi connectivity index (χ0) is 24.2. The van der Waals surface area contributed by atoms with Crippen LogP contribution in [0.1, 0.15) is 6.92 Å². The first-order valence-corrected chi connectivity index (χ1v) is 10.9. The molecule has 0 saturated carbocycles. The van der Waals surface area contributed by atoms with Gasteiger partial charge < -0.3 is 10.5 Å². The number of fused-ring (bicyclic) bond motifs is 1. The van der Waals surface area contributed by atoms with Crippen molar-refractivity contribution in [2.24, 2.45) is 4.99 Å². The van der Waals surface area contributed by atoms with Crippen LogP contribution in [0.5, 0.6) is 11.5 Å². The zero-order valence-electron chi connectivity index (χ0n) is 18.9. The molecule has 1 amide bonds. The highest BCUT2D eigenvalue weighted by Crippen LogP contribution is 2.32. The Balaban J connectivity index is 1.50. The van der Waals surface area contributed by atoms with Crippen molar-refractivity contribution in [1.82, 2.24) is 24.6 Å². The molecule has 0 saturated heterocycles. The molecular formula is C26H21N7O2. The first-order chi connectivity index (χ1) is 17.1. The number of benzene rings is 2. The van der Waals surface area contributed by atoms with Gasteiger partial charge in [-0.1, -0.05) is 24.1 Å². The Morgan fingerprint density at radius 1 is 1.09 bits per heavy atom. The van der Waals surface area contributed by atoms with Crippen molar-refractivity contribution in [1.29, 1.82) is 0 Å². The molecule has 1 aliphatic rings. The zero-order valence-corrected chi connectivity index (χ0v) is 18.9. The molecule has 5 rings (SSSR count). The van der Waals surface area contributed by atoms with Gasteiger partial charge in [0, 0.05) is 18.3 Å². The monoisotopic (exact) mass is 463 g/mol. The molecule has 0 radical (unpaired) electrons. The predicted octanol–water partition coefficient (Wildman–Crippen LogP) is 3.65. The number of anilines is 1. The highest BCUT2D eigenvalue weighted by atomic mass is 16.5. The van der Waals surface area contributed by atoms with E-state index >= 15 is 0 Å². The van der Waals surface area contributed by atoms with Gasteiger partial charge in [0.15, 0.2) is 5.65 Å². The van der Waals surface area contributed by atoms with E-state index < -0.39 is 0 Å². The second-order valence-corrected chi connectivity index (χ2v) is 7.62. The Morgan fingerprint density at radius 3 is 2.63 bits per heavy atom. The fraction of sp³-hybridized carbons (Fsp3) is 0.115. The van der Waals surface area contributed by atoms with E-state index in [1.165, 1.54) is 11.2 Å². The average molecular weight is 464 g/mol. The second-order valence-electron chi connectivity index (χ2n) is 7.62. The fourth-order valence-corrected chi connectivity index (χ4v) is 3.75. The molecule has 3 heterocycles. The van der Waals surface area contributed by atoms with Crippen LogP contribution in [0.15, 0.2) is 78.2 Å². The summed E-state index contributed by atoms with van der Waals surface area (Å²) in [5.74, 6) is 7.16. The van der Waals surface area contributed by atoms with E-state index in [0.29, 0.717) is 40.7 Å². The molecule has 4 aromatic rings. The molecule has 0 aliphatic carbocycles. The van der Waals surface area contributed by atoms with E-state index in [4.69, 9.17) is 15.6 Å². The van der Waals surface area contributed by atoms with Gasteiger partial charge >= 0.3 is 5.91 Å². The third-order valence-electron chi connectivity index (χ3n) is 5.36. The van der Waals surface area contributed by atoms with E-state index in [0.717, 1.165) is 11.3 Å².